The van der Waals surface area contributed by atoms with Crippen LogP contribution in [0.4, 0.5) is 10.5 Å². The number of nitrogens with one attached hydrogen (secondary N) is 1. The standard InChI is InChI=1S/C41H50Cl2N4O7S/c1-25(2)34(24-55(53,26(3)4)45-40(52)46-18-7-8-19-46)47-37(27-12-14-29(42)15-13-27)33(28-10-9-11-30(43)20-28)22-41(5,39(47)51)23-36(48)44-31-16-17-32(38(49)50)35(21-31)54-6/h9-17,20-21,25-26,33-34,37H,7-8,18-19,22-24H2,1-6H3,(H,44,48)(H,49,50)/t33-,34?,37-,41-,55?/m1/s1. The lowest BCUT2D eigenvalue weighted by Gasteiger charge is -2.53. The highest BCUT2D eigenvalue weighted by Gasteiger charge is 2.53. The number of amides is 4. The third kappa shape index (κ3) is 9.47. The Balaban J connectivity index is 1.64. The number of carboxylic acids is 1. The predicted octanol–water partition coefficient (Wildman–Crippen LogP) is 8.91. The van der Waals surface area contributed by atoms with Gasteiger partial charge in [-0.25, -0.2) is 13.8 Å². The number of nitrogens with zero attached hydrogens (tertiary/aromatic N) is 3. The van der Waals surface area contributed by atoms with Crippen molar-refractivity contribution in [3.05, 3.63) is 93.5 Å². The van der Waals surface area contributed by atoms with Crippen LogP contribution in [0.3, 0.4) is 0 Å². The van der Waals surface area contributed by atoms with Crippen molar-refractivity contribution in [2.75, 3.05) is 31.3 Å². The summed E-state index contributed by atoms with van der Waals surface area (Å²) in [7, 11) is -1.87. The molecule has 4 amide bonds. The zero-order valence-corrected chi connectivity index (χ0v) is 34.4. The topological polar surface area (TPSA) is 146 Å². The van der Waals surface area contributed by atoms with E-state index in [1.165, 1.54) is 25.3 Å². The van der Waals surface area contributed by atoms with Crippen molar-refractivity contribution in [2.24, 2.45) is 15.7 Å². The minimum atomic E-state index is -3.21. The summed E-state index contributed by atoms with van der Waals surface area (Å²) in [5.41, 5.74) is 0.620. The fraction of sp³-hybridized carbons (Fsp3) is 0.463. The van der Waals surface area contributed by atoms with Gasteiger partial charge in [-0.3, -0.25) is 9.59 Å². The molecule has 3 aromatic carbocycles. The van der Waals surface area contributed by atoms with Crippen LogP contribution in [-0.2, 0) is 19.3 Å². The van der Waals surface area contributed by atoms with Crippen molar-refractivity contribution >= 4 is 62.4 Å². The molecule has 3 aromatic rings. The summed E-state index contributed by atoms with van der Waals surface area (Å²) in [6.07, 6.45) is 1.76. The number of halogens is 2. The zero-order chi connectivity index (χ0) is 40.2. The summed E-state index contributed by atoms with van der Waals surface area (Å²) in [6, 6.07) is 17.2. The summed E-state index contributed by atoms with van der Waals surface area (Å²) >= 11 is 13.0. The molecule has 2 heterocycles. The number of urea groups is 1. The van der Waals surface area contributed by atoms with Crippen LogP contribution in [0.15, 0.2) is 71.1 Å². The van der Waals surface area contributed by atoms with Gasteiger partial charge in [0.15, 0.2) is 0 Å². The maximum Gasteiger partial charge on any atom is 0.351 e. The molecule has 55 heavy (non-hydrogen) atoms. The highest BCUT2D eigenvalue weighted by atomic mass is 35.5. The first-order valence-electron chi connectivity index (χ1n) is 18.5. The molecule has 0 aromatic heterocycles. The molecule has 5 rings (SSSR count). The largest absolute Gasteiger partial charge is 0.496 e. The Morgan fingerprint density at radius 1 is 0.982 bits per heavy atom. The molecular formula is C41H50Cl2N4O7S. The lowest BCUT2D eigenvalue weighted by atomic mass is 9.66. The van der Waals surface area contributed by atoms with Crippen LogP contribution >= 0.6 is 23.2 Å². The van der Waals surface area contributed by atoms with E-state index in [-0.39, 0.29) is 47.7 Å². The quantitative estimate of drug-likeness (QED) is 0.186. The van der Waals surface area contributed by atoms with E-state index in [0.717, 1.165) is 24.0 Å². The van der Waals surface area contributed by atoms with E-state index in [9.17, 15) is 23.7 Å². The number of likely N-dealkylation sites (tertiary alicyclic amines) is 2. The third-order valence-electron chi connectivity index (χ3n) is 10.7. The first-order chi connectivity index (χ1) is 26.0. The van der Waals surface area contributed by atoms with Crippen LogP contribution in [0, 0.1) is 11.3 Å². The van der Waals surface area contributed by atoms with Gasteiger partial charge in [0.25, 0.3) is 0 Å². The van der Waals surface area contributed by atoms with Gasteiger partial charge in [-0.2, -0.15) is 0 Å². The summed E-state index contributed by atoms with van der Waals surface area (Å²) in [5, 5.41) is 12.9. The van der Waals surface area contributed by atoms with E-state index in [1.807, 2.05) is 44.2 Å². The third-order valence-corrected chi connectivity index (χ3v) is 14.0. The molecular weight excluding hydrogens is 763 g/mol. The molecule has 0 radical (unpaired) electrons. The van der Waals surface area contributed by atoms with Crippen LogP contribution in [0.5, 0.6) is 5.75 Å². The Hall–Kier alpha value is -4.13. The highest BCUT2D eigenvalue weighted by molar-refractivity contribution is 7.94. The highest BCUT2D eigenvalue weighted by Crippen LogP contribution is 2.53. The maximum atomic E-state index is 15.4. The molecule has 2 aliphatic heterocycles. The number of methoxy groups -OCH3 is 1. The predicted molar refractivity (Wildman–Crippen MR) is 217 cm³/mol. The normalized spacial score (nSPS) is 21.7. The van der Waals surface area contributed by atoms with Gasteiger partial charge in [0, 0.05) is 58.5 Å². The van der Waals surface area contributed by atoms with E-state index in [4.69, 9.17) is 27.9 Å². The second-order valence-electron chi connectivity index (χ2n) is 15.4. The van der Waals surface area contributed by atoms with Crippen LogP contribution < -0.4 is 10.1 Å². The Morgan fingerprint density at radius 2 is 1.65 bits per heavy atom. The SMILES string of the molecule is COc1cc(NC(=O)C[C@@]2(C)C[C@H](c3cccc(Cl)c3)[C@@H](c3ccc(Cl)cc3)N(C(CS(=O)(=NC(=O)N3CCCC3)C(C)C)C(C)C)C2=O)ccc1C(=O)O. The van der Waals surface area contributed by atoms with Gasteiger partial charge >= 0.3 is 12.0 Å². The van der Waals surface area contributed by atoms with Crippen LogP contribution in [0.2, 0.25) is 10.0 Å². The number of carbonyl (C=O) groups is 4. The summed E-state index contributed by atoms with van der Waals surface area (Å²) in [4.78, 5) is 57.8. The molecule has 2 unspecified atom stereocenters. The first kappa shape index (κ1) is 42.0. The summed E-state index contributed by atoms with van der Waals surface area (Å²) in [6.45, 7) is 10.4. The van der Waals surface area contributed by atoms with Crippen molar-refractivity contribution in [3.63, 3.8) is 0 Å². The van der Waals surface area contributed by atoms with Gasteiger partial charge in [-0.15, -0.1) is 4.36 Å². The van der Waals surface area contributed by atoms with Gasteiger partial charge in [-0.1, -0.05) is 82.1 Å². The monoisotopic (exact) mass is 812 g/mol. The number of hydrogen-bond acceptors (Lipinski definition) is 6. The zero-order valence-electron chi connectivity index (χ0n) is 32.1. The molecule has 296 valence electrons. The van der Waals surface area contributed by atoms with Crippen molar-refractivity contribution in [1.82, 2.24) is 9.80 Å². The number of anilines is 1. The number of ether oxygens (including phenoxy) is 1. The van der Waals surface area contributed by atoms with Gasteiger partial charge in [0.05, 0.1) is 34.0 Å². The van der Waals surface area contributed by atoms with Crippen molar-refractivity contribution in [1.29, 1.82) is 0 Å². The first-order valence-corrected chi connectivity index (χ1v) is 21.0. The second-order valence-corrected chi connectivity index (χ2v) is 19.1. The van der Waals surface area contributed by atoms with Gasteiger partial charge < -0.3 is 25.0 Å². The molecule has 2 N–H and O–H groups in total. The van der Waals surface area contributed by atoms with Crippen LogP contribution in [0.1, 0.15) is 93.7 Å². The summed E-state index contributed by atoms with van der Waals surface area (Å²) < 4.78 is 24.6. The molecule has 2 saturated heterocycles. The van der Waals surface area contributed by atoms with E-state index in [1.54, 1.807) is 48.8 Å². The molecule has 0 aliphatic carbocycles. The Morgan fingerprint density at radius 3 is 2.24 bits per heavy atom. The van der Waals surface area contributed by atoms with E-state index in [0.29, 0.717) is 28.8 Å². The number of hydrogen-bond donors (Lipinski definition) is 2. The van der Waals surface area contributed by atoms with E-state index < -0.39 is 50.4 Å². The van der Waals surface area contributed by atoms with Gasteiger partial charge in [0.2, 0.25) is 11.8 Å². The molecule has 0 spiro atoms. The maximum absolute atomic E-state index is 15.4. The number of carboxylic acid groups (broad SMARTS) is 1. The van der Waals surface area contributed by atoms with E-state index in [2.05, 4.69) is 9.68 Å². The minimum absolute atomic E-state index is 0.0575. The molecule has 2 fully saturated rings. The molecule has 2 aliphatic rings. The molecule has 11 nitrogen and oxygen atoms in total. The molecule has 0 saturated carbocycles. The van der Waals surface area contributed by atoms with Gasteiger partial charge in [0.1, 0.15) is 11.3 Å². The van der Waals surface area contributed by atoms with Crippen molar-refractivity contribution < 1.29 is 33.2 Å². The lowest BCUT2D eigenvalue weighted by Crippen LogP contribution is -2.59. The van der Waals surface area contributed by atoms with Crippen LogP contribution in [0.25, 0.3) is 0 Å². The smallest absolute Gasteiger partial charge is 0.351 e. The fourth-order valence-corrected chi connectivity index (χ4v) is 10.1. The number of piperidine rings is 1. The number of aromatic carboxylic acids is 1. The second kappa shape index (κ2) is 17.3. The van der Waals surface area contributed by atoms with Crippen molar-refractivity contribution in [3.8, 4) is 5.75 Å². The Kier molecular flexibility index (Phi) is 13.3. The van der Waals surface area contributed by atoms with E-state index >= 15 is 4.79 Å². The Bertz CT molecular complexity index is 2040. The number of carbonyl (C=O) groups excluding carboxylic acids is 3. The minimum Gasteiger partial charge on any atom is -0.496 e. The lowest BCUT2D eigenvalue weighted by molar-refractivity contribution is -0.157. The fourth-order valence-electron chi connectivity index (χ4n) is 7.69. The Labute approximate surface area is 333 Å². The van der Waals surface area contributed by atoms with Gasteiger partial charge in [-0.05, 0) is 72.7 Å². The molecule has 0 bridgehead atoms. The summed E-state index contributed by atoms with van der Waals surface area (Å²) in [5.74, 6) is -2.56. The average molecular weight is 814 g/mol. The van der Waals surface area contributed by atoms with Crippen molar-refractivity contribution in [2.45, 2.75) is 83.6 Å². The van der Waals surface area contributed by atoms with Crippen LogP contribution in [-0.4, -0.2) is 80.2 Å². The molecule has 14 heteroatoms. The average Bonchev–Trinajstić information content (AvgIpc) is 3.68. The molecule has 5 atom stereocenters. The number of benzene rings is 3. The number of rotatable bonds is 12.